The van der Waals surface area contributed by atoms with E-state index in [9.17, 15) is 0 Å². The van der Waals surface area contributed by atoms with E-state index in [1.54, 1.807) is 11.3 Å². The van der Waals surface area contributed by atoms with Crippen LogP contribution in [-0.4, -0.2) is 17.5 Å². The van der Waals surface area contributed by atoms with Gasteiger partial charge < -0.3 is 4.74 Å². The quantitative estimate of drug-likeness (QED) is 0.759. The maximum absolute atomic E-state index is 5.77. The molecule has 84 valence electrons. The Labute approximate surface area is 99.6 Å². The van der Waals surface area contributed by atoms with Gasteiger partial charge in [0.1, 0.15) is 10.6 Å². The van der Waals surface area contributed by atoms with Crippen molar-refractivity contribution in [2.45, 2.75) is 38.2 Å². The Morgan fingerprint density at radius 2 is 2.53 bits per heavy atom. The molecule has 0 spiro atoms. The molecule has 2 heterocycles. The normalized spacial score (nSPS) is 26.0. The van der Waals surface area contributed by atoms with Gasteiger partial charge in [-0.25, -0.2) is 4.98 Å². The number of halogens is 1. The van der Waals surface area contributed by atoms with Crippen LogP contribution in [0.25, 0.3) is 0 Å². The predicted molar refractivity (Wildman–Crippen MR) is 63.7 cm³/mol. The SMILES string of the molecule is CC1(c2nc(CCCCl)cs2)CCCO1. The first-order valence-corrected chi connectivity index (χ1v) is 6.81. The van der Waals surface area contributed by atoms with E-state index in [0.717, 1.165) is 43.0 Å². The molecule has 1 fully saturated rings. The van der Waals surface area contributed by atoms with E-state index in [1.165, 1.54) is 0 Å². The highest BCUT2D eigenvalue weighted by atomic mass is 35.5. The molecule has 2 rings (SSSR count). The molecule has 1 saturated heterocycles. The van der Waals surface area contributed by atoms with Gasteiger partial charge in [-0.05, 0) is 32.6 Å². The number of aryl methyl sites for hydroxylation is 1. The minimum atomic E-state index is -0.121. The van der Waals surface area contributed by atoms with Gasteiger partial charge in [0, 0.05) is 17.9 Å². The van der Waals surface area contributed by atoms with E-state index in [-0.39, 0.29) is 5.60 Å². The fourth-order valence-corrected chi connectivity index (χ4v) is 2.99. The highest BCUT2D eigenvalue weighted by Gasteiger charge is 2.34. The van der Waals surface area contributed by atoms with Crippen LogP contribution in [0.3, 0.4) is 0 Å². The Kier molecular flexibility index (Phi) is 3.65. The molecule has 1 atom stereocenters. The molecule has 0 aliphatic carbocycles. The molecule has 0 N–H and O–H groups in total. The minimum Gasteiger partial charge on any atom is -0.368 e. The molecule has 0 amide bonds. The van der Waals surface area contributed by atoms with E-state index in [0.29, 0.717) is 5.88 Å². The zero-order chi connectivity index (χ0) is 10.7. The third-order valence-electron chi connectivity index (χ3n) is 2.79. The standard InChI is InChI=1S/C11H16ClNOS/c1-11(5-3-7-14-11)10-13-9(8-15-10)4-2-6-12/h8H,2-7H2,1H3. The van der Waals surface area contributed by atoms with Gasteiger partial charge in [0.05, 0.1) is 5.69 Å². The monoisotopic (exact) mass is 245 g/mol. The van der Waals surface area contributed by atoms with Gasteiger partial charge in [-0.15, -0.1) is 22.9 Å². The van der Waals surface area contributed by atoms with E-state index in [1.807, 2.05) is 0 Å². The second kappa shape index (κ2) is 4.81. The third-order valence-corrected chi connectivity index (χ3v) is 4.19. The third kappa shape index (κ3) is 2.52. The zero-order valence-corrected chi connectivity index (χ0v) is 10.5. The summed E-state index contributed by atoms with van der Waals surface area (Å²) in [7, 11) is 0. The smallest absolute Gasteiger partial charge is 0.125 e. The lowest BCUT2D eigenvalue weighted by Gasteiger charge is -2.19. The summed E-state index contributed by atoms with van der Waals surface area (Å²) in [5, 5.41) is 3.26. The molecular formula is C11H16ClNOS. The highest BCUT2D eigenvalue weighted by molar-refractivity contribution is 7.09. The van der Waals surface area contributed by atoms with Crippen LogP contribution in [0.15, 0.2) is 5.38 Å². The first-order chi connectivity index (χ1) is 7.24. The molecule has 1 aliphatic rings. The Morgan fingerprint density at radius 3 is 3.20 bits per heavy atom. The van der Waals surface area contributed by atoms with Crippen molar-refractivity contribution in [3.05, 3.63) is 16.1 Å². The first-order valence-electron chi connectivity index (χ1n) is 5.39. The summed E-state index contributed by atoms with van der Waals surface area (Å²) in [6.07, 6.45) is 4.22. The van der Waals surface area contributed by atoms with Crippen LogP contribution in [0.1, 0.15) is 36.9 Å². The molecule has 1 aromatic rings. The van der Waals surface area contributed by atoms with Gasteiger partial charge in [-0.1, -0.05) is 0 Å². The maximum Gasteiger partial charge on any atom is 0.125 e. The average Bonchev–Trinajstić information content (AvgIpc) is 2.84. The minimum absolute atomic E-state index is 0.121. The summed E-state index contributed by atoms with van der Waals surface area (Å²) in [5.41, 5.74) is 1.04. The van der Waals surface area contributed by atoms with Crippen LogP contribution >= 0.6 is 22.9 Å². The molecule has 0 aromatic carbocycles. The van der Waals surface area contributed by atoms with E-state index < -0.39 is 0 Å². The molecule has 0 radical (unpaired) electrons. The number of nitrogens with zero attached hydrogens (tertiary/aromatic N) is 1. The summed E-state index contributed by atoms with van der Waals surface area (Å²) in [4.78, 5) is 4.64. The van der Waals surface area contributed by atoms with Crippen molar-refractivity contribution < 1.29 is 4.74 Å². The fourth-order valence-electron chi connectivity index (χ4n) is 1.86. The summed E-state index contributed by atoms with van der Waals surface area (Å²) in [6, 6.07) is 0. The largest absolute Gasteiger partial charge is 0.368 e. The lowest BCUT2D eigenvalue weighted by Crippen LogP contribution is -2.19. The first kappa shape index (κ1) is 11.4. The number of hydrogen-bond donors (Lipinski definition) is 0. The summed E-state index contributed by atoms with van der Waals surface area (Å²) < 4.78 is 5.77. The number of hydrogen-bond acceptors (Lipinski definition) is 3. The van der Waals surface area contributed by atoms with Gasteiger partial charge in [0.15, 0.2) is 0 Å². The number of aromatic nitrogens is 1. The summed E-state index contributed by atoms with van der Waals surface area (Å²) in [6.45, 7) is 3.01. The second-order valence-corrected chi connectivity index (χ2v) is 5.36. The summed E-state index contributed by atoms with van der Waals surface area (Å²) in [5.74, 6) is 0.709. The van der Waals surface area contributed by atoms with Gasteiger partial charge in [-0.2, -0.15) is 0 Å². The lowest BCUT2D eigenvalue weighted by atomic mass is 10.0. The zero-order valence-electron chi connectivity index (χ0n) is 8.96. The molecule has 15 heavy (non-hydrogen) atoms. The van der Waals surface area contributed by atoms with Crippen LogP contribution in [0, 0.1) is 0 Å². The molecule has 1 unspecified atom stereocenters. The van der Waals surface area contributed by atoms with Crippen molar-refractivity contribution >= 4 is 22.9 Å². The second-order valence-electron chi connectivity index (χ2n) is 4.12. The summed E-state index contributed by atoms with van der Waals surface area (Å²) >= 11 is 7.38. The van der Waals surface area contributed by atoms with Crippen molar-refractivity contribution in [3.63, 3.8) is 0 Å². The van der Waals surface area contributed by atoms with Gasteiger partial charge in [0.25, 0.3) is 0 Å². The molecule has 4 heteroatoms. The van der Waals surface area contributed by atoms with Gasteiger partial charge in [0.2, 0.25) is 0 Å². The van der Waals surface area contributed by atoms with Crippen LogP contribution < -0.4 is 0 Å². The molecule has 0 saturated carbocycles. The Balaban J connectivity index is 2.05. The van der Waals surface area contributed by atoms with E-state index in [4.69, 9.17) is 16.3 Å². The molecule has 1 aromatic heterocycles. The van der Waals surface area contributed by atoms with Crippen LogP contribution in [0.2, 0.25) is 0 Å². The van der Waals surface area contributed by atoms with E-state index >= 15 is 0 Å². The van der Waals surface area contributed by atoms with Gasteiger partial charge in [-0.3, -0.25) is 0 Å². The average molecular weight is 246 g/mol. The maximum atomic E-state index is 5.77. The molecule has 1 aliphatic heterocycles. The van der Waals surface area contributed by atoms with Crippen LogP contribution in [0.5, 0.6) is 0 Å². The molecule has 0 bridgehead atoms. The Bertz CT molecular complexity index is 320. The number of alkyl halides is 1. The fraction of sp³-hybridized carbons (Fsp3) is 0.727. The van der Waals surface area contributed by atoms with Crippen molar-refractivity contribution in [2.24, 2.45) is 0 Å². The van der Waals surface area contributed by atoms with Crippen LogP contribution in [-0.2, 0) is 16.8 Å². The van der Waals surface area contributed by atoms with Crippen molar-refractivity contribution in [3.8, 4) is 0 Å². The van der Waals surface area contributed by atoms with Gasteiger partial charge >= 0.3 is 0 Å². The van der Waals surface area contributed by atoms with Crippen LogP contribution in [0.4, 0.5) is 0 Å². The topological polar surface area (TPSA) is 22.1 Å². The van der Waals surface area contributed by atoms with E-state index in [2.05, 4.69) is 17.3 Å². The predicted octanol–water partition coefficient (Wildman–Crippen LogP) is 3.34. The molecule has 2 nitrogen and oxygen atoms in total. The van der Waals surface area contributed by atoms with Crippen molar-refractivity contribution in [1.82, 2.24) is 4.98 Å². The number of rotatable bonds is 4. The Morgan fingerprint density at radius 1 is 1.67 bits per heavy atom. The van der Waals surface area contributed by atoms with Crippen molar-refractivity contribution in [2.75, 3.05) is 12.5 Å². The molecular weight excluding hydrogens is 230 g/mol. The number of ether oxygens (including phenoxy) is 1. The lowest BCUT2D eigenvalue weighted by molar-refractivity contribution is 0.0165. The Hall–Kier alpha value is -0.120. The number of thiazole rings is 1. The van der Waals surface area contributed by atoms with Crippen molar-refractivity contribution in [1.29, 1.82) is 0 Å². The highest BCUT2D eigenvalue weighted by Crippen LogP contribution is 2.37.